The van der Waals surface area contributed by atoms with Gasteiger partial charge < -0.3 is 13.9 Å². The molecule has 0 spiro atoms. The van der Waals surface area contributed by atoms with Crippen LogP contribution in [0.25, 0.3) is 0 Å². The second-order valence-electron chi connectivity index (χ2n) is 14.7. The van der Waals surface area contributed by atoms with E-state index >= 15 is 0 Å². The zero-order valence-electron chi connectivity index (χ0n) is 30.0. The molecular weight excluding hydrogens is 715 g/mol. The van der Waals surface area contributed by atoms with Crippen LogP contribution in [0.3, 0.4) is 0 Å². The lowest BCUT2D eigenvalue weighted by Gasteiger charge is -2.52. The van der Waals surface area contributed by atoms with Crippen molar-refractivity contribution in [2.75, 3.05) is 13.2 Å². The van der Waals surface area contributed by atoms with Gasteiger partial charge in [-0.05, 0) is 65.5 Å². The molecule has 6 rings (SSSR count). The van der Waals surface area contributed by atoms with Gasteiger partial charge in [0.25, 0.3) is 0 Å². The third-order valence-electron chi connectivity index (χ3n) is 9.02. The molecule has 5 aromatic rings. The van der Waals surface area contributed by atoms with Crippen LogP contribution in [0.15, 0.2) is 118 Å². The summed E-state index contributed by atoms with van der Waals surface area (Å²) in [5.74, 6) is 0.516. The molecule has 1 saturated heterocycles. The van der Waals surface area contributed by atoms with Gasteiger partial charge in [-0.2, -0.15) is 0 Å². The van der Waals surface area contributed by atoms with E-state index in [0.717, 1.165) is 15.9 Å². The van der Waals surface area contributed by atoms with Crippen molar-refractivity contribution in [3.63, 3.8) is 0 Å². The maximum absolute atomic E-state index is 14.6. The third kappa shape index (κ3) is 8.53. The summed E-state index contributed by atoms with van der Waals surface area (Å²) in [7, 11) is -2.23. The summed E-state index contributed by atoms with van der Waals surface area (Å²) >= 11 is 12.7. The molecule has 1 atom stereocenters. The number of hydrogen-bond acceptors (Lipinski definition) is 6. The number of hydrogen-bond donors (Lipinski definition) is 1. The summed E-state index contributed by atoms with van der Waals surface area (Å²) in [4.78, 5) is 36.2. The Bertz CT molecular complexity index is 2140. The molecule has 1 aromatic heterocycles. The minimum Gasteiger partial charge on any atom is -0.489 e. The van der Waals surface area contributed by atoms with Crippen molar-refractivity contribution >= 4 is 48.3 Å². The molecule has 272 valence electrons. The Labute approximate surface area is 315 Å². The number of benzene rings is 4. The van der Waals surface area contributed by atoms with Crippen LogP contribution in [0, 0.1) is 10.8 Å². The van der Waals surface area contributed by atoms with Gasteiger partial charge in [-0.15, -0.1) is 0 Å². The van der Waals surface area contributed by atoms with Gasteiger partial charge in [0.15, 0.2) is 0 Å². The Hall–Kier alpha value is -4.19. The van der Waals surface area contributed by atoms with Gasteiger partial charge in [-0.1, -0.05) is 117 Å². The largest absolute Gasteiger partial charge is 0.489 e. The Balaban J connectivity index is 1.44. The normalized spacial score (nSPS) is 15.1. The van der Waals surface area contributed by atoms with E-state index in [2.05, 4.69) is 50.0 Å². The molecule has 2 heterocycles. The van der Waals surface area contributed by atoms with E-state index in [-0.39, 0.29) is 36.3 Å². The number of halogens is 2. The Kier molecular flexibility index (Phi) is 11.4. The minimum atomic E-state index is -2.23. The van der Waals surface area contributed by atoms with Gasteiger partial charge in [0, 0.05) is 11.6 Å². The van der Waals surface area contributed by atoms with Crippen molar-refractivity contribution in [2.24, 2.45) is 15.8 Å². The minimum absolute atomic E-state index is 0.0664. The molecular formula is C40H44Cl2N4O5Si. The predicted octanol–water partition coefficient (Wildman–Crippen LogP) is 5.70. The summed E-state index contributed by atoms with van der Waals surface area (Å²) in [6.07, 6.45) is -0.428. The van der Waals surface area contributed by atoms with Crippen LogP contribution in [0.4, 0.5) is 5.69 Å². The van der Waals surface area contributed by atoms with E-state index in [0.29, 0.717) is 34.7 Å². The van der Waals surface area contributed by atoms with Crippen LogP contribution in [0.2, 0.25) is 10.0 Å². The average Bonchev–Trinajstić information content (AvgIpc) is 3.09. The molecule has 9 nitrogen and oxygen atoms in total. The smallest absolute Gasteiger partial charge is 0.335 e. The summed E-state index contributed by atoms with van der Waals surface area (Å²) in [5, 5.41) is 3.22. The highest BCUT2D eigenvalue weighted by atomic mass is 35.5. The van der Waals surface area contributed by atoms with E-state index in [4.69, 9.17) is 42.1 Å². The second kappa shape index (κ2) is 15.8. The lowest BCUT2D eigenvalue weighted by molar-refractivity contribution is -0.197. The van der Waals surface area contributed by atoms with Crippen molar-refractivity contribution in [1.82, 2.24) is 14.1 Å². The van der Waals surface area contributed by atoms with Crippen LogP contribution in [0.1, 0.15) is 40.2 Å². The molecule has 1 unspecified atom stereocenters. The van der Waals surface area contributed by atoms with Crippen molar-refractivity contribution in [2.45, 2.75) is 59.9 Å². The molecule has 12 heteroatoms. The van der Waals surface area contributed by atoms with Gasteiger partial charge >= 0.3 is 11.4 Å². The highest BCUT2D eigenvalue weighted by Gasteiger charge is 2.52. The number of aromatic nitrogens is 3. The van der Waals surface area contributed by atoms with Crippen LogP contribution >= 0.6 is 23.2 Å². The predicted molar refractivity (Wildman–Crippen MR) is 209 cm³/mol. The topological polar surface area (TPSA) is 99.8 Å². The standard InChI is InChI=1S/C40H44Cl2N4O5Si/c1-27(2)50-34-21-20-30(22-33(34)42)43-36-44-37(47)46(38(48)45(36)23-28-16-18-29(41)19-17-28)24-40(25-49-26-40)35(39(3,4)5)51-52(31-12-8-6-9-13-31)32-14-10-7-11-15-32/h6-22,27,35,52H,23-26H2,1-5H3,(H,43,44,47). The molecule has 52 heavy (non-hydrogen) atoms. The Morgan fingerprint density at radius 2 is 1.50 bits per heavy atom. The molecule has 1 aliphatic heterocycles. The highest BCUT2D eigenvalue weighted by molar-refractivity contribution is 6.80. The Morgan fingerprint density at radius 1 is 0.885 bits per heavy atom. The zero-order valence-corrected chi connectivity index (χ0v) is 32.7. The maximum Gasteiger partial charge on any atom is 0.335 e. The van der Waals surface area contributed by atoms with Gasteiger partial charge in [0.1, 0.15) is 5.75 Å². The summed E-state index contributed by atoms with van der Waals surface area (Å²) < 4.78 is 21.7. The fourth-order valence-electron chi connectivity index (χ4n) is 6.74. The number of rotatable bonds is 12. The molecule has 4 aromatic carbocycles. The van der Waals surface area contributed by atoms with Crippen LogP contribution in [-0.2, 0) is 22.3 Å². The van der Waals surface area contributed by atoms with E-state index in [9.17, 15) is 9.59 Å². The average molecular weight is 760 g/mol. The monoisotopic (exact) mass is 758 g/mol. The lowest BCUT2D eigenvalue weighted by Crippen LogP contribution is -2.64. The fourth-order valence-corrected chi connectivity index (χ4v) is 9.90. The van der Waals surface area contributed by atoms with Crippen LogP contribution in [0.5, 0.6) is 5.75 Å². The summed E-state index contributed by atoms with van der Waals surface area (Å²) in [6, 6.07) is 32.9. The van der Waals surface area contributed by atoms with E-state index in [1.807, 2.05) is 62.4 Å². The molecule has 1 aliphatic rings. The van der Waals surface area contributed by atoms with Crippen molar-refractivity contribution < 1.29 is 13.9 Å². The Morgan fingerprint density at radius 3 is 2.02 bits per heavy atom. The fraction of sp³-hybridized carbons (Fsp3) is 0.325. The van der Waals surface area contributed by atoms with Crippen molar-refractivity contribution in [1.29, 1.82) is 0 Å². The van der Waals surface area contributed by atoms with Gasteiger partial charge in [0.05, 0.1) is 48.1 Å². The number of aromatic amines is 1. The van der Waals surface area contributed by atoms with E-state index in [1.54, 1.807) is 30.3 Å². The first-order chi connectivity index (χ1) is 24.8. The number of nitrogens with one attached hydrogen (secondary N) is 1. The van der Waals surface area contributed by atoms with Crippen LogP contribution in [-0.4, -0.2) is 48.6 Å². The SMILES string of the molecule is CC(C)Oc1ccc(/N=c2/[nH]c(=O)n(CC3(C(O[SiH](c4ccccc4)c4ccccc4)C(C)(C)C)COC3)c(=O)n2Cc2ccc(Cl)cc2)cc1Cl. The van der Waals surface area contributed by atoms with Gasteiger partial charge in [0.2, 0.25) is 14.7 Å². The molecule has 0 aliphatic carbocycles. The van der Waals surface area contributed by atoms with Crippen LogP contribution < -0.4 is 32.1 Å². The molecule has 0 saturated carbocycles. The van der Waals surface area contributed by atoms with Crippen molar-refractivity contribution in [3.8, 4) is 5.75 Å². The third-order valence-corrected chi connectivity index (χ3v) is 12.1. The van der Waals surface area contributed by atoms with E-state index in [1.165, 1.54) is 9.13 Å². The van der Waals surface area contributed by atoms with E-state index < -0.39 is 25.8 Å². The number of H-pyrrole nitrogens is 1. The number of ether oxygens (including phenoxy) is 2. The lowest BCUT2D eigenvalue weighted by atomic mass is 9.69. The molecule has 1 fully saturated rings. The zero-order chi connectivity index (χ0) is 37.0. The van der Waals surface area contributed by atoms with Gasteiger partial charge in [-0.3, -0.25) is 9.55 Å². The van der Waals surface area contributed by atoms with Crippen molar-refractivity contribution in [3.05, 3.63) is 145 Å². The molecule has 0 bridgehead atoms. The summed E-state index contributed by atoms with van der Waals surface area (Å²) in [6.45, 7) is 11.1. The number of nitrogens with zero attached hydrogens (tertiary/aromatic N) is 3. The quantitative estimate of drug-likeness (QED) is 0.165. The first kappa shape index (κ1) is 37.6. The first-order valence-corrected chi connectivity index (χ1v) is 19.7. The van der Waals surface area contributed by atoms with Gasteiger partial charge in [-0.25, -0.2) is 19.1 Å². The maximum atomic E-state index is 14.6. The second-order valence-corrected chi connectivity index (χ2v) is 17.9. The first-order valence-electron chi connectivity index (χ1n) is 17.4. The highest BCUT2D eigenvalue weighted by Crippen LogP contribution is 2.43. The summed E-state index contributed by atoms with van der Waals surface area (Å²) in [5.41, 5.74) is -0.797. The molecule has 0 radical (unpaired) electrons. The molecule has 0 amide bonds. The molecule has 1 N–H and O–H groups in total.